The number of pyridine rings is 1. The van der Waals surface area contributed by atoms with Gasteiger partial charge in [0, 0.05) is 6.20 Å². The summed E-state index contributed by atoms with van der Waals surface area (Å²) in [6, 6.07) is 8.20. The molecule has 0 radical (unpaired) electrons. The van der Waals surface area contributed by atoms with E-state index in [1.807, 2.05) is 35.7 Å². The molecule has 0 N–H and O–H groups in total. The summed E-state index contributed by atoms with van der Waals surface area (Å²) >= 11 is 0. The molecule has 2 heterocycles. The smallest absolute Gasteiger partial charge is 0.137 e. The molecule has 16 heavy (non-hydrogen) atoms. The minimum absolute atomic E-state index is 0.130. The summed E-state index contributed by atoms with van der Waals surface area (Å²) in [4.78, 5) is 4.59. The van der Waals surface area contributed by atoms with Gasteiger partial charge in [-0.3, -0.25) is 0 Å². The van der Waals surface area contributed by atoms with Crippen LogP contribution in [0.3, 0.4) is 0 Å². The lowest BCUT2D eigenvalue weighted by Gasteiger charge is -2.08. The molecule has 0 bridgehead atoms. The molecule has 0 aromatic carbocycles. The third-order valence-electron chi connectivity index (χ3n) is 2.75. The molecule has 0 amide bonds. The second kappa shape index (κ2) is 3.97. The van der Waals surface area contributed by atoms with E-state index in [1.165, 1.54) is 0 Å². The monoisotopic (exact) mass is 213 g/mol. The lowest BCUT2D eigenvalue weighted by molar-refractivity contribution is 0.783. The highest BCUT2D eigenvalue weighted by molar-refractivity contribution is 5.45. The summed E-state index contributed by atoms with van der Waals surface area (Å²) in [7, 11) is 0. The number of fused-ring (bicyclic) bond motifs is 1. The number of hydrogen-bond donors (Lipinski definition) is 0. The van der Waals surface area contributed by atoms with Crippen molar-refractivity contribution in [2.75, 3.05) is 0 Å². The molecule has 0 spiro atoms. The van der Waals surface area contributed by atoms with Gasteiger partial charge in [0.05, 0.1) is 23.4 Å². The number of nitrogens with zero attached hydrogens (tertiary/aromatic N) is 3. The van der Waals surface area contributed by atoms with Crippen molar-refractivity contribution in [2.45, 2.75) is 32.6 Å². The SMILES string of the molecule is CC(C)c1nc2ccccn2c1C(C)C#N. The van der Waals surface area contributed by atoms with Crippen LogP contribution in [0.1, 0.15) is 44.0 Å². The Morgan fingerprint density at radius 2 is 2.06 bits per heavy atom. The van der Waals surface area contributed by atoms with Crippen LogP contribution in [0.15, 0.2) is 24.4 Å². The fourth-order valence-corrected chi connectivity index (χ4v) is 1.95. The molecule has 2 aromatic heterocycles. The van der Waals surface area contributed by atoms with Gasteiger partial charge in [-0.2, -0.15) is 5.26 Å². The maximum absolute atomic E-state index is 9.08. The van der Waals surface area contributed by atoms with Crippen molar-refractivity contribution in [1.82, 2.24) is 9.38 Å². The number of rotatable bonds is 2. The predicted octanol–water partition coefficient (Wildman–Crippen LogP) is 3.08. The Labute approximate surface area is 95.4 Å². The van der Waals surface area contributed by atoms with E-state index < -0.39 is 0 Å². The van der Waals surface area contributed by atoms with Crippen LogP contribution < -0.4 is 0 Å². The third kappa shape index (κ3) is 1.57. The van der Waals surface area contributed by atoms with Crippen molar-refractivity contribution in [2.24, 2.45) is 0 Å². The minimum Gasteiger partial charge on any atom is -0.302 e. The fraction of sp³-hybridized carbons (Fsp3) is 0.385. The van der Waals surface area contributed by atoms with E-state index in [-0.39, 0.29) is 5.92 Å². The van der Waals surface area contributed by atoms with E-state index in [0.717, 1.165) is 17.0 Å². The Morgan fingerprint density at radius 1 is 1.31 bits per heavy atom. The molecule has 2 aromatic rings. The maximum Gasteiger partial charge on any atom is 0.137 e. The van der Waals surface area contributed by atoms with Gasteiger partial charge in [0.2, 0.25) is 0 Å². The highest BCUT2D eigenvalue weighted by Crippen LogP contribution is 2.26. The van der Waals surface area contributed by atoms with Gasteiger partial charge in [-0.05, 0) is 25.0 Å². The fourth-order valence-electron chi connectivity index (χ4n) is 1.95. The number of imidazole rings is 1. The molecular formula is C13H15N3. The Bertz CT molecular complexity index is 546. The molecule has 2 rings (SSSR count). The minimum atomic E-state index is -0.130. The summed E-state index contributed by atoms with van der Waals surface area (Å²) in [5.41, 5.74) is 2.97. The topological polar surface area (TPSA) is 41.1 Å². The standard InChI is InChI=1S/C13H15N3/c1-9(2)12-13(10(3)8-14)16-7-5-4-6-11(16)15-12/h4-7,9-10H,1-3H3. The summed E-state index contributed by atoms with van der Waals surface area (Å²) in [6.45, 7) is 6.13. The van der Waals surface area contributed by atoms with Gasteiger partial charge in [-0.25, -0.2) is 4.98 Å². The Kier molecular flexibility index (Phi) is 2.66. The van der Waals surface area contributed by atoms with Crippen LogP contribution in [-0.4, -0.2) is 9.38 Å². The van der Waals surface area contributed by atoms with E-state index in [9.17, 15) is 0 Å². The zero-order chi connectivity index (χ0) is 11.7. The number of hydrogen-bond acceptors (Lipinski definition) is 2. The Morgan fingerprint density at radius 3 is 2.69 bits per heavy atom. The number of nitriles is 1. The van der Waals surface area contributed by atoms with Gasteiger partial charge in [0.15, 0.2) is 0 Å². The van der Waals surface area contributed by atoms with Crippen molar-refractivity contribution in [1.29, 1.82) is 5.26 Å². The molecule has 0 aliphatic heterocycles. The quantitative estimate of drug-likeness (QED) is 0.769. The van der Waals surface area contributed by atoms with Crippen LogP contribution in [0.4, 0.5) is 0 Å². The van der Waals surface area contributed by atoms with Crippen LogP contribution in [0.25, 0.3) is 5.65 Å². The molecule has 1 atom stereocenters. The van der Waals surface area contributed by atoms with E-state index in [2.05, 4.69) is 24.9 Å². The van der Waals surface area contributed by atoms with Gasteiger partial charge in [0.25, 0.3) is 0 Å². The van der Waals surface area contributed by atoms with Gasteiger partial charge < -0.3 is 4.40 Å². The first-order valence-electron chi connectivity index (χ1n) is 5.51. The van der Waals surface area contributed by atoms with Crippen LogP contribution >= 0.6 is 0 Å². The van der Waals surface area contributed by atoms with Gasteiger partial charge in [-0.1, -0.05) is 19.9 Å². The molecule has 0 aliphatic carbocycles. The van der Waals surface area contributed by atoms with Crippen LogP contribution in [-0.2, 0) is 0 Å². The Balaban J connectivity index is 2.75. The molecule has 1 unspecified atom stereocenters. The number of aromatic nitrogens is 2. The van der Waals surface area contributed by atoms with Crippen molar-refractivity contribution in [3.05, 3.63) is 35.8 Å². The van der Waals surface area contributed by atoms with Crippen molar-refractivity contribution in [3.63, 3.8) is 0 Å². The molecular weight excluding hydrogens is 198 g/mol. The third-order valence-corrected chi connectivity index (χ3v) is 2.75. The highest BCUT2D eigenvalue weighted by Gasteiger charge is 2.19. The van der Waals surface area contributed by atoms with Crippen LogP contribution in [0, 0.1) is 11.3 Å². The summed E-state index contributed by atoms with van der Waals surface area (Å²) in [5, 5.41) is 9.08. The first kappa shape index (κ1) is 10.7. The summed E-state index contributed by atoms with van der Waals surface area (Å²) in [6.07, 6.45) is 1.97. The zero-order valence-electron chi connectivity index (χ0n) is 9.81. The second-order valence-corrected chi connectivity index (χ2v) is 4.32. The van der Waals surface area contributed by atoms with E-state index in [1.54, 1.807) is 0 Å². The normalized spacial score (nSPS) is 12.9. The molecule has 0 saturated carbocycles. The van der Waals surface area contributed by atoms with Gasteiger partial charge in [-0.15, -0.1) is 0 Å². The molecule has 3 heteroatoms. The first-order valence-corrected chi connectivity index (χ1v) is 5.51. The van der Waals surface area contributed by atoms with Crippen molar-refractivity contribution >= 4 is 5.65 Å². The van der Waals surface area contributed by atoms with Crippen molar-refractivity contribution in [3.8, 4) is 6.07 Å². The van der Waals surface area contributed by atoms with E-state index >= 15 is 0 Å². The average Bonchev–Trinajstić information content (AvgIpc) is 2.67. The molecule has 0 aliphatic rings. The average molecular weight is 213 g/mol. The summed E-state index contributed by atoms with van der Waals surface area (Å²) in [5.74, 6) is 0.209. The molecule has 0 fully saturated rings. The summed E-state index contributed by atoms with van der Waals surface area (Å²) < 4.78 is 2.02. The van der Waals surface area contributed by atoms with Crippen LogP contribution in [0.5, 0.6) is 0 Å². The zero-order valence-corrected chi connectivity index (χ0v) is 9.81. The maximum atomic E-state index is 9.08. The molecule has 82 valence electrons. The van der Waals surface area contributed by atoms with E-state index in [0.29, 0.717) is 5.92 Å². The van der Waals surface area contributed by atoms with Crippen LogP contribution in [0.2, 0.25) is 0 Å². The van der Waals surface area contributed by atoms with E-state index in [4.69, 9.17) is 5.26 Å². The lowest BCUT2D eigenvalue weighted by Crippen LogP contribution is -2.01. The lowest BCUT2D eigenvalue weighted by atomic mass is 10.0. The largest absolute Gasteiger partial charge is 0.302 e. The van der Waals surface area contributed by atoms with Crippen molar-refractivity contribution < 1.29 is 0 Å². The van der Waals surface area contributed by atoms with Gasteiger partial charge in [0.1, 0.15) is 5.65 Å². The molecule has 0 saturated heterocycles. The molecule has 3 nitrogen and oxygen atoms in total. The Hall–Kier alpha value is -1.82. The predicted molar refractivity (Wildman–Crippen MR) is 63.3 cm³/mol. The first-order chi connectivity index (χ1) is 7.65. The highest BCUT2D eigenvalue weighted by atomic mass is 15.0. The second-order valence-electron chi connectivity index (χ2n) is 4.32. The van der Waals surface area contributed by atoms with Gasteiger partial charge >= 0.3 is 0 Å².